The van der Waals surface area contributed by atoms with Crippen LogP contribution in [0, 0.1) is 10.7 Å². The second-order valence-corrected chi connectivity index (χ2v) is 3.66. The second-order valence-electron chi connectivity index (χ2n) is 2.06. The molecule has 0 rings (SSSR count). The van der Waals surface area contributed by atoms with Crippen LogP contribution in [0.2, 0.25) is 0 Å². The second kappa shape index (κ2) is 7.02. The first-order chi connectivity index (χ1) is 5.70. The van der Waals surface area contributed by atoms with E-state index in [2.05, 4.69) is 6.58 Å². The van der Waals surface area contributed by atoms with Crippen LogP contribution < -0.4 is 0 Å². The minimum absolute atomic E-state index is 0.168. The maximum atomic E-state index is 8.32. The highest BCUT2D eigenvalue weighted by molar-refractivity contribution is 8.04. The van der Waals surface area contributed by atoms with Crippen LogP contribution >= 0.6 is 23.4 Å². The number of allylic oxidation sites excluding steroid dienone is 4. The topological polar surface area (TPSA) is 23.8 Å². The zero-order chi connectivity index (χ0) is 9.40. The van der Waals surface area contributed by atoms with Gasteiger partial charge in [0.1, 0.15) is 5.40 Å². The molecule has 0 aliphatic carbocycles. The third-order valence-electron chi connectivity index (χ3n) is 1.04. The van der Waals surface area contributed by atoms with Gasteiger partial charge in [-0.1, -0.05) is 30.3 Å². The third kappa shape index (κ3) is 6.09. The van der Waals surface area contributed by atoms with E-state index in [9.17, 15) is 0 Å². The summed E-state index contributed by atoms with van der Waals surface area (Å²) in [5, 5.41) is 11.1. The number of halogens is 1. The van der Waals surface area contributed by atoms with Crippen molar-refractivity contribution in [1.82, 2.24) is 0 Å². The lowest BCUT2D eigenvalue weighted by Crippen LogP contribution is -1.85. The summed E-state index contributed by atoms with van der Waals surface area (Å²) in [5.74, 6) is 0. The van der Waals surface area contributed by atoms with E-state index in [1.165, 1.54) is 11.8 Å². The highest BCUT2D eigenvalue weighted by Gasteiger charge is 1.94. The van der Waals surface area contributed by atoms with Crippen molar-refractivity contribution in [2.45, 2.75) is 12.2 Å². The number of thioether (sulfide) groups is 1. The third-order valence-corrected chi connectivity index (χ3v) is 1.93. The average molecular weight is 200 g/mol. The molecule has 1 nitrogen and oxygen atoms in total. The molecule has 0 aromatic heterocycles. The zero-order valence-electron chi connectivity index (χ0n) is 6.83. The van der Waals surface area contributed by atoms with E-state index in [0.717, 1.165) is 0 Å². The highest BCUT2D eigenvalue weighted by Crippen LogP contribution is 2.11. The fourth-order valence-electron chi connectivity index (χ4n) is 0.518. The lowest BCUT2D eigenvalue weighted by molar-refractivity contribution is 1.25. The average Bonchev–Trinajstić information content (AvgIpc) is 2.02. The van der Waals surface area contributed by atoms with E-state index in [1.54, 1.807) is 18.2 Å². The lowest BCUT2D eigenvalue weighted by atomic mass is 10.3. The Labute approximate surface area is 82.4 Å². The summed E-state index contributed by atoms with van der Waals surface area (Å²) in [5.41, 5.74) is 0. The van der Waals surface area contributed by atoms with Gasteiger partial charge in [0, 0.05) is 10.3 Å². The first-order valence-corrected chi connectivity index (χ1v) is 4.67. The number of hydrogen-bond donors (Lipinski definition) is 0. The van der Waals surface area contributed by atoms with Crippen LogP contribution in [-0.2, 0) is 0 Å². The van der Waals surface area contributed by atoms with Gasteiger partial charge >= 0.3 is 0 Å². The summed E-state index contributed by atoms with van der Waals surface area (Å²) < 4.78 is 0. The molecule has 3 heteroatoms. The SMILES string of the molecule is C=C/C=C(Cl)\C=C/C(C)SC#N. The maximum Gasteiger partial charge on any atom is 0.133 e. The number of nitriles is 1. The Hall–Kier alpha value is -0.650. The van der Waals surface area contributed by atoms with Crippen LogP contribution in [0.15, 0.2) is 35.9 Å². The van der Waals surface area contributed by atoms with Crippen LogP contribution in [0.1, 0.15) is 6.92 Å². The van der Waals surface area contributed by atoms with Gasteiger partial charge in [0.15, 0.2) is 0 Å². The fourth-order valence-corrected chi connectivity index (χ4v) is 1.00. The molecule has 0 aliphatic heterocycles. The van der Waals surface area contributed by atoms with Crippen molar-refractivity contribution in [3.05, 3.63) is 35.9 Å². The minimum Gasteiger partial charge on any atom is -0.185 e. The maximum absolute atomic E-state index is 8.32. The summed E-state index contributed by atoms with van der Waals surface area (Å²) in [7, 11) is 0. The molecule has 0 fully saturated rings. The summed E-state index contributed by atoms with van der Waals surface area (Å²) >= 11 is 6.93. The van der Waals surface area contributed by atoms with Crippen molar-refractivity contribution in [2.24, 2.45) is 0 Å². The van der Waals surface area contributed by atoms with Gasteiger partial charge in [-0.3, -0.25) is 0 Å². The quantitative estimate of drug-likeness (QED) is 0.512. The molecule has 0 saturated heterocycles. The van der Waals surface area contributed by atoms with Gasteiger partial charge in [0.2, 0.25) is 0 Å². The molecular weight excluding hydrogens is 190 g/mol. The Balaban J connectivity index is 3.98. The van der Waals surface area contributed by atoms with Crippen molar-refractivity contribution in [3.8, 4) is 5.40 Å². The Bertz CT molecular complexity index is 237. The van der Waals surface area contributed by atoms with E-state index in [-0.39, 0.29) is 5.25 Å². The molecule has 1 atom stereocenters. The molecule has 0 aromatic carbocycles. The number of hydrogen-bond acceptors (Lipinski definition) is 2. The summed E-state index contributed by atoms with van der Waals surface area (Å²) in [6.07, 6.45) is 6.95. The predicted octanol–water partition coefficient (Wildman–Crippen LogP) is 3.45. The van der Waals surface area contributed by atoms with Gasteiger partial charge in [-0.15, -0.1) is 0 Å². The largest absolute Gasteiger partial charge is 0.185 e. The van der Waals surface area contributed by atoms with Gasteiger partial charge < -0.3 is 0 Å². The van der Waals surface area contributed by atoms with Crippen molar-refractivity contribution >= 4 is 23.4 Å². The molecule has 1 unspecified atom stereocenters. The van der Waals surface area contributed by atoms with E-state index in [4.69, 9.17) is 16.9 Å². The predicted molar refractivity (Wildman–Crippen MR) is 55.9 cm³/mol. The molecule has 0 amide bonds. The molecule has 0 heterocycles. The van der Waals surface area contributed by atoms with Gasteiger partial charge in [0.25, 0.3) is 0 Å². The summed E-state index contributed by atoms with van der Waals surface area (Å²) in [4.78, 5) is 0. The van der Waals surface area contributed by atoms with Crippen molar-refractivity contribution in [3.63, 3.8) is 0 Å². The van der Waals surface area contributed by atoms with Crippen LogP contribution in [0.25, 0.3) is 0 Å². The highest BCUT2D eigenvalue weighted by atomic mass is 35.5. The lowest BCUT2D eigenvalue weighted by Gasteiger charge is -1.95. The van der Waals surface area contributed by atoms with E-state index in [1.807, 2.05) is 18.4 Å². The molecule has 0 N–H and O–H groups in total. The van der Waals surface area contributed by atoms with Gasteiger partial charge in [-0.2, -0.15) is 5.26 Å². The summed E-state index contributed by atoms with van der Waals surface area (Å²) in [6, 6.07) is 0. The standard InChI is InChI=1S/C9H10ClNS/c1-3-4-9(10)6-5-8(2)12-7-11/h3-6,8H,1H2,2H3/b6-5-,9-4+. The van der Waals surface area contributed by atoms with Crippen molar-refractivity contribution in [1.29, 1.82) is 5.26 Å². The Morgan fingerprint density at radius 1 is 1.75 bits per heavy atom. The molecule has 0 saturated carbocycles. The van der Waals surface area contributed by atoms with Gasteiger partial charge in [-0.25, -0.2) is 0 Å². The Morgan fingerprint density at radius 2 is 2.42 bits per heavy atom. The van der Waals surface area contributed by atoms with E-state index >= 15 is 0 Å². The molecule has 0 bridgehead atoms. The van der Waals surface area contributed by atoms with Crippen LogP contribution in [0.3, 0.4) is 0 Å². The smallest absolute Gasteiger partial charge is 0.133 e. The van der Waals surface area contributed by atoms with Crippen LogP contribution in [-0.4, -0.2) is 5.25 Å². The molecule has 0 radical (unpaired) electrons. The molecule has 12 heavy (non-hydrogen) atoms. The number of nitrogens with zero attached hydrogens (tertiary/aromatic N) is 1. The van der Waals surface area contributed by atoms with Gasteiger partial charge in [-0.05, 0) is 30.8 Å². The molecule has 0 aliphatic rings. The van der Waals surface area contributed by atoms with Crippen LogP contribution in [0.4, 0.5) is 0 Å². The van der Waals surface area contributed by atoms with Crippen molar-refractivity contribution < 1.29 is 0 Å². The molecule has 64 valence electrons. The zero-order valence-corrected chi connectivity index (χ0v) is 8.40. The number of rotatable bonds is 4. The Morgan fingerprint density at radius 3 is 2.92 bits per heavy atom. The van der Waals surface area contributed by atoms with E-state index in [0.29, 0.717) is 5.03 Å². The summed E-state index contributed by atoms with van der Waals surface area (Å²) in [6.45, 7) is 5.44. The fraction of sp³-hybridized carbons (Fsp3) is 0.222. The monoisotopic (exact) mass is 199 g/mol. The first kappa shape index (κ1) is 11.4. The molecular formula is C9H10ClNS. The minimum atomic E-state index is 0.168. The first-order valence-electron chi connectivity index (χ1n) is 3.42. The Kier molecular flexibility index (Phi) is 6.64. The van der Waals surface area contributed by atoms with E-state index < -0.39 is 0 Å². The molecule has 0 aromatic rings. The molecule has 0 spiro atoms. The van der Waals surface area contributed by atoms with Crippen LogP contribution in [0.5, 0.6) is 0 Å². The number of thiocyanates is 1. The van der Waals surface area contributed by atoms with Gasteiger partial charge in [0.05, 0.1) is 0 Å². The van der Waals surface area contributed by atoms with Crippen molar-refractivity contribution in [2.75, 3.05) is 0 Å². The normalized spacial score (nSPS) is 14.2.